The molecular weight excluding hydrogens is 462 g/mol. The highest BCUT2D eigenvalue weighted by Gasteiger charge is 2.25. The Labute approximate surface area is 211 Å². The fraction of sp³-hybridized carbons (Fsp3) is 0.481. The van der Waals surface area contributed by atoms with Gasteiger partial charge in [-0.3, -0.25) is 4.79 Å². The lowest BCUT2D eigenvalue weighted by atomic mass is 9.95. The minimum atomic E-state index is -0.0345. The SMILES string of the molecule is COCCCNC(=O)c1cc(-c2csc(COc3ccc(OC)cc3)n2)n(C2CCCCC2)c1C. The highest BCUT2D eigenvalue weighted by molar-refractivity contribution is 7.09. The first-order valence-corrected chi connectivity index (χ1v) is 13.2. The summed E-state index contributed by atoms with van der Waals surface area (Å²) in [6.07, 6.45) is 6.78. The van der Waals surface area contributed by atoms with E-state index in [0.717, 1.165) is 58.4 Å². The van der Waals surface area contributed by atoms with Gasteiger partial charge in [0.05, 0.1) is 24.1 Å². The van der Waals surface area contributed by atoms with Crippen LogP contribution >= 0.6 is 11.3 Å². The minimum absolute atomic E-state index is 0.0345. The molecule has 4 rings (SSSR count). The molecule has 0 unspecified atom stereocenters. The second kappa shape index (κ2) is 12.2. The summed E-state index contributed by atoms with van der Waals surface area (Å²) in [6.45, 7) is 3.68. The van der Waals surface area contributed by atoms with Crippen molar-refractivity contribution < 1.29 is 19.0 Å². The van der Waals surface area contributed by atoms with Crippen LogP contribution in [0.3, 0.4) is 0 Å². The molecule has 3 aromatic rings. The van der Waals surface area contributed by atoms with Crippen LogP contribution in [0.25, 0.3) is 11.4 Å². The molecular formula is C27H35N3O4S. The maximum Gasteiger partial charge on any atom is 0.253 e. The van der Waals surface area contributed by atoms with E-state index in [1.165, 1.54) is 19.3 Å². The smallest absolute Gasteiger partial charge is 0.253 e. The number of aromatic nitrogens is 2. The Morgan fingerprint density at radius 3 is 2.60 bits per heavy atom. The van der Waals surface area contributed by atoms with E-state index >= 15 is 0 Å². The first-order valence-electron chi connectivity index (χ1n) is 12.3. The standard InChI is InChI=1S/C27H35N3O4S/c1-19-23(27(31)28-14-7-15-32-2)16-25(30(19)20-8-5-4-6-9-20)24-18-35-26(29-24)17-34-22-12-10-21(33-3)11-13-22/h10-13,16,18,20H,4-9,14-15,17H2,1-3H3,(H,28,31). The van der Waals surface area contributed by atoms with Gasteiger partial charge in [0.15, 0.2) is 0 Å². The van der Waals surface area contributed by atoms with Crippen LogP contribution in [0.4, 0.5) is 0 Å². The maximum absolute atomic E-state index is 13.0. The first-order chi connectivity index (χ1) is 17.1. The number of nitrogens with zero attached hydrogens (tertiary/aromatic N) is 2. The van der Waals surface area contributed by atoms with Gasteiger partial charge in [0.1, 0.15) is 23.1 Å². The summed E-state index contributed by atoms with van der Waals surface area (Å²) in [6, 6.07) is 9.95. The average molecular weight is 498 g/mol. The molecule has 8 heteroatoms. The molecule has 1 amide bonds. The van der Waals surface area contributed by atoms with Crippen molar-refractivity contribution in [3.05, 3.63) is 52.0 Å². The fourth-order valence-corrected chi connectivity index (χ4v) is 5.38. The fourth-order valence-electron chi connectivity index (χ4n) is 4.68. The topological polar surface area (TPSA) is 74.6 Å². The van der Waals surface area contributed by atoms with Crippen LogP contribution in [0, 0.1) is 6.92 Å². The quantitative estimate of drug-likeness (QED) is 0.340. The molecule has 35 heavy (non-hydrogen) atoms. The number of nitrogens with one attached hydrogen (secondary N) is 1. The molecule has 7 nitrogen and oxygen atoms in total. The lowest BCUT2D eigenvalue weighted by molar-refractivity contribution is 0.0947. The Bertz CT molecular complexity index is 1100. The van der Waals surface area contributed by atoms with Crippen LogP contribution in [-0.2, 0) is 11.3 Å². The van der Waals surface area contributed by atoms with Gasteiger partial charge in [0.25, 0.3) is 5.91 Å². The molecule has 0 saturated heterocycles. The Balaban J connectivity index is 1.54. The van der Waals surface area contributed by atoms with E-state index in [2.05, 4.69) is 22.2 Å². The third-order valence-electron chi connectivity index (χ3n) is 6.52. The van der Waals surface area contributed by atoms with Crippen LogP contribution in [0.5, 0.6) is 11.5 Å². The van der Waals surface area contributed by atoms with E-state index in [1.807, 2.05) is 30.3 Å². The lowest BCUT2D eigenvalue weighted by Gasteiger charge is -2.26. The number of rotatable bonds is 11. The third-order valence-corrected chi connectivity index (χ3v) is 7.35. The first kappa shape index (κ1) is 25.3. The van der Waals surface area contributed by atoms with Gasteiger partial charge in [0.2, 0.25) is 0 Å². The molecule has 1 aliphatic rings. The van der Waals surface area contributed by atoms with Gasteiger partial charge in [-0.05, 0) is 56.5 Å². The Hall–Kier alpha value is -2.84. The number of carbonyl (C=O) groups excluding carboxylic acids is 1. The number of ether oxygens (including phenoxy) is 3. The number of amides is 1. The van der Waals surface area contributed by atoms with Gasteiger partial charge in [-0.25, -0.2) is 4.98 Å². The van der Waals surface area contributed by atoms with Gasteiger partial charge >= 0.3 is 0 Å². The Morgan fingerprint density at radius 2 is 1.89 bits per heavy atom. The average Bonchev–Trinajstić information content (AvgIpc) is 3.50. The van der Waals surface area contributed by atoms with Crippen LogP contribution in [0.15, 0.2) is 35.7 Å². The molecule has 0 spiro atoms. The molecule has 1 saturated carbocycles. The number of benzene rings is 1. The summed E-state index contributed by atoms with van der Waals surface area (Å²) in [5.41, 5.74) is 3.66. The maximum atomic E-state index is 13.0. The molecule has 0 radical (unpaired) electrons. The van der Waals surface area contributed by atoms with Crippen LogP contribution in [-0.4, -0.2) is 42.8 Å². The monoisotopic (exact) mass is 497 g/mol. The van der Waals surface area contributed by atoms with Gasteiger partial charge in [0, 0.05) is 37.4 Å². The van der Waals surface area contributed by atoms with Crippen molar-refractivity contribution in [1.29, 1.82) is 0 Å². The van der Waals surface area contributed by atoms with Crippen molar-refractivity contribution in [2.24, 2.45) is 0 Å². The predicted octanol–water partition coefficient (Wildman–Crippen LogP) is 5.78. The normalized spacial score (nSPS) is 14.1. The second-order valence-corrected chi connectivity index (χ2v) is 9.83. The lowest BCUT2D eigenvalue weighted by Crippen LogP contribution is -2.26. The van der Waals surface area contributed by atoms with Crippen LogP contribution in [0.1, 0.15) is 65.6 Å². The van der Waals surface area contributed by atoms with E-state index in [-0.39, 0.29) is 5.91 Å². The van der Waals surface area contributed by atoms with Gasteiger partial charge in [-0.1, -0.05) is 19.3 Å². The highest BCUT2D eigenvalue weighted by atomic mass is 32.1. The molecule has 0 aliphatic heterocycles. The molecule has 2 aromatic heterocycles. The van der Waals surface area contributed by atoms with Crippen molar-refractivity contribution in [2.45, 2.75) is 58.1 Å². The summed E-state index contributed by atoms with van der Waals surface area (Å²) in [5, 5.41) is 6.01. The van der Waals surface area contributed by atoms with E-state index in [9.17, 15) is 4.79 Å². The number of carbonyl (C=O) groups is 1. The molecule has 1 aromatic carbocycles. The highest BCUT2D eigenvalue weighted by Crippen LogP contribution is 2.36. The van der Waals surface area contributed by atoms with Crippen LogP contribution < -0.4 is 14.8 Å². The molecule has 1 fully saturated rings. The summed E-state index contributed by atoms with van der Waals surface area (Å²) in [7, 11) is 3.32. The van der Waals surface area contributed by atoms with Crippen molar-refractivity contribution >= 4 is 17.2 Å². The van der Waals surface area contributed by atoms with E-state index < -0.39 is 0 Å². The summed E-state index contributed by atoms with van der Waals surface area (Å²) in [5.74, 6) is 1.54. The Kier molecular flexibility index (Phi) is 8.82. The molecule has 0 atom stereocenters. The number of methoxy groups -OCH3 is 2. The zero-order valence-corrected chi connectivity index (χ0v) is 21.7. The van der Waals surface area contributed by atoms with Gasteiger partial charge < -0.3 is 24.1 Å². The number of hydrogen-bond acceptors (Lipinski definition) is 6. The molecule has 0 bridgehead atoms. The molecule has 1 N–H and O–H groups in total. The van der Waals surface area contributed by atoms with Crippen LogP contribution in [0.2, 0.25) is 0 Å². The summed E-state index contributed by atoms with van der Waals surface area (Å²) < 4.78 is 18.6. The number of hydrogen-bond donors (Lipinski definition) is 1. The largest absolute Gasteiger partial charge is 0.497 e. The zero-order valence-electron chi connectivity index (χ0n) is 20.8. The molecule has 188 valence electrons. The van der Waals surface area contributed by atoms with Crippen molar-refractivity contribution in [3.8, 4) is 22.9 Å². The van der Waals surface area contributed by atoms with E-state index in [0.29, 0.717) is 25.8 Å². The van der Waals surface area contributed by atoms with E-state index in [1.54, 1.807) is 25.6 Å². The van der Waals surface area contributed by atoms with Gasteiger partial charge in [-0.2, -0.15) is 0 Å². The minimum Gasteiger partial charge on any atom is -0.497 e. The van der Waals surface area contributed by atoms with Crippen molar-refractivity contribution in [3.63, 3.8) is 0 Å². The van der Waals surface area contributed by atoms with Crippen molar-refractivity contribution in [2.75, 3.05) is 27.4 Å². The van der Waals surface area contributed by atoms with Crippen molar-refractivity contribution in [1.82, 2.24) is 14.9 Å². The van der Waals surface area contributed by atoms with E-state index in [4.69, 9.17) is 19.2 Å². The van der Waals surface area contributed by atoms with Gasteiger partial charge in [-0.15, -0.1) is 11.3 Å². The molecule has 1 aliphatic carbocycles. The summed E-state index contributed by atoms with van der Waals surface area (Å²) in [4.78, 5) is 17.9. The second-order valence-electron chi connectivity index (χ2n) is 8.88. The predicted molar refractivity (Wildman–Crippen MR) is 139 cm³/mol. The third kappa shape index (κ3) is 6.24. The molecule has 2 heterocycles. The Morgan fingerprint density at radius 1 is 1.14 bits per heavy atom. The zero-order chi connectivity index (χ0) is 24.6. The summed E-state index contributed by atoms with van der Waals surface area (Å²) >= 11 is 1.58. The number of thiazole rings is 1.